The third kappa shape index (κ3) is 3.42. The maximum atomic E-state index is 13.7. The second kappa shape index (κ2) is 7.51. The molecular weight excluding hydrogens is 378 g/mol. The molecule has 5 heterocycles. The van der Waals surface area contributed by atoms with Gasteiger partial charge in [-0.15, -0.1) is 4.80 Å². The fourth-order valence-electron chi connectivity index (χ4n) is 4.68. The van der Waals surface area contributed by atoms with Crippen LogP contribution in [-0.4, -0.2) is 54.4 Å². The molecule has 8 heteroatoms. The molecule has 30 heavy (non-hydrogen) atoms. The lowest BCUT2D eigenvalue weighted by Crippen LogP contribution is -2.60. The number of aromatic nitrogens is 5. The van der Waals surface area contributed by atoms with Crippen LogP contribution < -0.4 is 5.32 Å². The van der Waals surface area contributed by atoms with Gasteiger partial charge in [0.25, 0.3) is 5.91 Å². The van der Waals surface area contributed by atoms with E-state index in [0.717, 1.165) is 42.8 Å². The molecular formula is C22H25N7O. The lowest BCUT2D eigenvalue weighted by molar-refractivity contribution is 0.0281. The fourth-order valence-corrected chi connectivity index (χ4v) is 4.68. The molecule has 3 fully saturated rings. The van der Waals surface area contributed by atoms with Crippen molar-refractivity contribution in [3.63, 3.8) is 0 Å². The molecule has 1 unspecified atom stereocenters. The highest BCUT2D eigenvalue weighted by molar-refractivity contribution is 5.97. The largest absolute Gasteiger partial charge is 0.365 e. The van der Waals surface area contributed by atoms with E-state index in [-0.39, 0.29) is 18.0 Å². The molecule has 0 spiro atoms. The van der Waals surface area contributed by atoms with E-state index < -0.39 is 0 Å². The molecule has 6 rings (SSSR count). The van der Waals surface area contributed by atoms with Crippen LogP contribution in [0.1, 0.15) is 40.7 Å². The van der Waals surface area contributed by atoms with Crippen LogP contribution >= 0.6 is 0 Å². The first-order chi connectivity index (χ1) is 14.6. The minimum absolute atomic E-state index is 0.00318. The van der Waals surface area contributed by atoms with Crippen molar-refractivity contribution < 1.29 is 4.79 Å². The molecule has 3 atom stereocenters. The van der Waals surface area contributed by atoms with E-state index in [4.69, 9.17) is 0 Å². The summed E-state index contributed by atoms with van der Waals surface area (Å²) in [5, 5.41) is 11.9. The summed E-state index contributed by atoms with van der Waals surface area (Å²) in [6, 6.07) is 6.28. The van der Waals surface area contributed by atoms with Crippen molar-refractivity contribution in [2.24, 2.45) is 5.92 Å². The fraction of sp³-hybridized carbons (Fsp3) is 0.409. The van der Waals surface area contributed by atoms with Crippen LogP contribution in [0.15, 0.2) is 43.0 Å². The number of carbonyl (C=O) groups is 1. The summed E-state index contributed by atoms with van der Waals surface area (Å²) in [6.07, 6.45) is 10.0. The summed E-state index contributed by atoms with van der Waals surface area (Å²) >= 11 is 0. The summed E-state index contributed by atoms with van der Waals surface area (Å²) in [5.74, 6) is 1.83. The number of hydrogen-bond donors (Lipinski definition) is 1. The van der Waals surface area contributed by atoms with Crippen molar-refractivity contribution in [3.05, 3.63) is 59.7 Å². The smallest absolute Gasteiger partial charge is 0.258 e. The quantitative estimate of drug-likeness (QED) is 0.721. The number of anilines is 1. The third-order valence-corrected chi connectivity index (χ3v) is 6.13. The van der Waals surface area contributed by atoms with Gasteiger partial charge in [0.1, 0.15) is 5.82 Å². The van der Waals surface area contributed by atoms with Crippen molar-refractivity contribution in [2.45, 2.75) is 45.2 Å². The average molecular weight is 403 g/mol. The van der Waals surface area contributed by atoms with E-state index in [1.165, 1.54) is 4.80 Å². The van der Waals surface area contributed by atoms with Gasteiger partial charge in [0.05, 0.1) is 24.0 Å². The van der Waals surface area contributed by atoms with E-state index in [1.807, 2.05) is 37.1 Å². The highest BCUT2D eigenvalue weighted by Gasteiger charge is 2.43. The van der Waals surface area contributed by atoms with Crippen molar-refractivity contribution in [2.75, 3.05) is 11.9 Å². The van der Waals surface area contributed by atoms with E-state index in [1.54, 1.807) is 18.6 Å². The first-order valence-corrected chi connectivity index (χ1v) is 10.4. The van der Waals surface area contributed by atoms with Gasteiger partial charge in [0.15, 0.2) is 5.82 Å². The lowest BCUT2D eigenvalue weighted by atomic mass is 9.76. The number of carbonyl (C=O) groups excluding carboxylic acids is 1. The zero-order chi connectivity index (χ0) is 20.7. The van der Waals surface area contributed by atoms with Crippen LogP contribution in [0.25, 0.3) is 5.82 Å². The Balaban J connectivity index is 1.44. The average Bonchev–Trinajstić information content (AvgIpc) is 3.30. The Hall–Kier alpha value is -3.29. The van der Waals surface area contributed by atoms with Crippen molar-refractivity contribution in [1.82, 2.24) is 29.9 Å². The molecule has 2 aliphatic heterocycles. The molecule has 1 saturated carbocycles. The molecule has 0 aromatic carbocycles. The Morgan fingerprint density at radius 3 is 2.60 bits per heavy atom. The lowest BCUT2D eigenvalue weighted by Gasteiger charge is -2.50. The molecule has 3 aliphatic rings. The zero-order valence-electron chi connectivity index (χ0n) is 17.2. The van der Waals surface area contributed by atoms with E-state index in [9.17, 15) is 4.79 Å². The van der Waals surface area contributed by atoms with Crippen LogP contribution in [0.2, 0.25) is 0 Å². The second-order valence-electron chi connectivity index (χ2n) is 8.38. The van der Waals surface area contributed by atoms with Crippen LogP contribution in [0.5, 0.6) is 0 Å². The van der Waals surface area contributed by atoms with Gasteiger partial charge in [-0.25, -0.2) is 9.97 Å². The molecule has 3 aromatic rings. The second-order valence-corrected chi connectivity index (χ2v) is 8.38. The van der Waals surface area contributed by atoms with Crippen molar-refractivity contribution in [3.8, 4) is 5.82 Å². The molecule has 2 bridgehead atoms. The normalized spacial score (nSPS) is 22.9. The van der Waals surface area contributed by atoms with Gasteiger partial charge in [-0.05, 0) is 62.3 Å². The molecule has 154 valence electrons. The van der Waals surface area contributed by atoms with Crippen LogP contribution in [0, 0.1) is 19.8 Å². The summed E-state index contributed by atoms with van der Waals surface area (Å²) in [5.41, 5.74) is 2.62. The first kappa shape index (κ1) is 18.7. The summed E-state index contributed by atoms with van der Waals surface area (Å²) < 4.78 is 0. The number of nitrogens with zero attached hydrogens (tertiary/aromatic N) is 6. The summed E-state index contributed by atoms with van der Waals surface area (Å²) in [6.45, 7) is 4.75. The molecule has 3 aromatic heterocycles. The minimum Gasteiger partial charge on any atom is -0.365 e. The topological polar surface area (TPSA) is 88.8 Å². The molecule has 0 radical (unpaired) electrons. The SMILES string of the molecule is Cc1ccc(N[C@@H]2CC3CC[C@@H]2N(C(=O)c2cc(C)cnc2-n2nccn2)C3)nc1. The highest BCUT2D eigenvalue weighted by atomic mass is 16.2. The highest BCUT2D eigenvalue weighted by Crippen LogP contribution is 2.37. The number of aryl methyl sites for hydroxylation is 2. The van der Waals surface area contributed by atoms with E-state index >= 15 is 0 Å². The van der Waals surface area contributed by atoms with Gasteiger partial charge in [-0.1, -0.05) is 6.07 Å². The van der Waals surface area contributed by atoms with E-state index in [0.29, 0.717) is 17.3 Å². The predicted octanol–water partition coefficient (Wildman–Crippen LogP) is 2.78. The van der Waals surface area contributed by atoms with Gasteiger partial charge in [0, 0.05) is 25.0 Å². The number of piperidine rings is 2. The molecule has 8 nitrogen and oxygen atoms in total. The monoisotopic (exact) mass is 403 g/mol. The van der Waals surface area contributed by atoms with Crippen LogP contribution in [-0.2, 0) is 0 Å². The Kier molecular flexibility index (Phi) is 4.69. The van der Waals surface area contributed by atoms with Crippen LogP contribution in [0.4, 0.5) is 5.82 Å². The molecule has 1 N–H and O–H groups in total. The molecule has 1 amide bonds. The molecule has 1 aliphatic carbocycles. The Labute approximate surface area is 175 Å². The van der Waals surface area contributed by atoms with Gasteiger partial charge < -0.3 is 10.2 Å². The zero-order valence-corrected chi connectivity index (χ0v) is 17.2. The maximum absolute atomic E-state index is 13.7. The number of nitrogens with one attached hydrogen (secondary N) is 1. The number of pyridine rings is 2. The summed E-state index contributed by atoms with van der Waals surface area (Å²) in [4.78, 5) is 26.1. The third-order valence-electron chi connectivity index (χ3n) is 6.13. The Bertz CT molecular complexity index is 1050. The van der Waals surface area contributed by atoms with Gasteiger partial charge >= 0.3 is 0 Å². The summed E-state index contributed by atoms with van der Waals surface area (Å²) in [7, 11) is 0. The molecule has 2 saturated heterocycles. The minimum atomic E-state index is -0.00318. The van der Waals surface area contributed by atoms with Gasteiger partial charge in [-0.3, -0.25) is 4.79 Å². The van der Waals surface area contributed by atoms with Crippen LogP contribution in [0.3, 0.4) is 0 Å². The van der Waals surface area contributed by atoms with Crippen molar-refractivity contribution >= 4 is 11.7 Å². The van der Waals surface area contributed by atoms with Crippen molar-refractivity contribution in [1.29, 1.82) is 0 Å². The first-order valence-electron chi connectivity index (χ1n) is 10.4. The standard InChI is InChI=1S/C22H25N7O/c1-14-3-6-20(23-11-14)27-18-10-16-4-5-19(18)28(13-16)22(30)17-9-15(2)12-24-21(17)29-25-7-8-26-29/h3,6-9,11-12,16,18-19H,4-5,10,13H2,1-2H3,(H,23,27)/t16?,18-,19+/m1/s1. The number of hydrogen-bond acceptors (Lipinski definition) is 6. The van der Waals surface area contributed by atoms with Gasteiger partial charge in [-0.2, -0.15) is 10.2 Å². The Morgan fingerprint density at radius 2 is 1.87 bits per heavy atom. The number of rotatable bonds is 4. The van der Waals surface area contributed by atoms with Gasteiger partial charge in [0.2, 0.25) is 0 Å². The Morgan fingerprint density at radius 1 is 1.07 bits per heavy atom. The number of fused-ring (bicyclic) bond motifs is 3. The van der Waals surface area contributed by atoms with E-state index in [2.05, 4.69) is 31.5 Å². The number of amides is 1. The predicted molar refractivity (Wildman–Crippen MR) is 112 cm³/mol. The maximum Gasteiger partial charge on any atom is 0.258 e.